The lowest BCUT2D eigenvalue weighted by atomic mass is 9.78. The first-order valence-corrected chi connectivity index (χ1v) is 10.3. The van der Waals surface area contributed by atoms with Gasteiger partial charge in [-0.15, -0.1) is 0 Å². The first kappa shape index (κ1) is 21.9. The van der Waals surface area contributed by atoms with E-state index in [1.165, 1.54) is 0 Å². The molecule has 0 atom stereocenters. The summed E-state index contributed by atoms with van der Waals surface area (Å²) in [5, 5.41) is 19.3. The van der Waals surface area contributed by atoms with Crippen LogP contribution in [0.2, 0.25) is 0 Å². The van der Waals surface area contributed by atoms with E-state index in [2.05, 4.69) is 22.9 Å². The average molecular weight is 398 g/mol. The minimum Gasteiger partial charge on any atom is -0.399 e. The van der Waals surface area contributed by atoms with Gasteiger partial charge in [0.2, 0.25) is 0 Å². The van der Waals surface area contributed by atoms with Gasteiger partial charge in [-0.2, -0.15) is 5.26 Å². The number of nitrogens with zero attached hydrogens (tertiary/aromatic N) is 2. The fourth-order valence-corrected chi connectivity index (χ4v) is 3.54. The van der Waals surface area contributed by atoms with Gasteiger partial charge in [-0.05, 0) is 65.2 Å². The van der Waals surface area contributed by atoms with E-state index >= 15 is 0 Å². The first-order chi connectivity index (χ1) is 13.7. The van der Waals surface area contributed by atoms with Gasteiger partial charge in [0.05, 0.1) is 22.8 Å². The van der Waals surface area contributed by atoms with Crippen molar-refractivity contribution in [2.75, 3.05) is 19.8 Å². The number of hydrogen-bond acceptors (Lipinski definition) is 5. The van der Waals surface area contributed by atoms with Gasteiger partial charge in [0.15, 0.2) is 0 Å². The van der Waals surface area contributed by atoms with Crippen LogP contribution in [0.15, 0.2) is 18.3 Å². The van der Waals surface area contributed by atoms with Crippen LogP contribution in [-0.2, 0) is 20.6 Å². The summed E-state index contributed by atoms with van der Waals surface area (Å²) in [6.45, 7) is 12.3. The van der Waals surface area contributed by atoms with Crippen LogP contribution in [0, 0.1) is 18.3 Å². The zero-order valence-corrected chi connectivity index (χ0v) is 18.1. The number of aryl methyl sites for hydroxylation is 2. The molecule has 0 saturated carbocycles. The first-order valence-electron chi connectivity index (χ1n) is 10.3. The van der Waals surface area contributed by atoms with Crippen LogP contribution < -0.4 is 5.46 Å². The predicted molar refractivity (Wildman–Crippen MR) is 114 cm³/mol. The SMILES string of the molecule is Cc1cc2c(cc1C#N)c(B1OC(C)(C)C(C)(C)O1)cn2CCCOCCCO. The Morgan fingerprint density at radius 1 is 1.14 bits per heavy atom. The van der Waals surface area contributed by atoms with E-state index in [0.717, 1.165) is 34.9 Å². The molecule has 0 aliphatic carbocycles. The maximum absolute atomic E-state index is 9.50. The molecule has 2 aromatic rings. The molecule has 1 saturated heterocycles. The van der Waals surface area contributed by atoms with Gasteiger partial charge in [0, 0.05) is 48.9 Å². The van der Waals surface area contributed by atoms with Crippen molar-refractivity contribution in [3.05, 3.63) is 29.5 Å². The van der Waals surface area contributed by atoms with Crippen LogP contribution in [0.3, 0.4) is 0 Å². The molecule has 1 aromatic carbocycles. The van der Waals surface area contributed by atoms with Crippen molar-refractivity contribution in [2.45, 2.75) is 65.2 Å². The molecule has 156 valence electrons. The number of hydrogen-bond donors (Lipinski definition) is 1. The summed E-state index contributed by atoms with van der Waals surface area (Å²) in [5.74, 6) is 0. The van der Waals surface area contributed by atoms with E-state index in [4.69, 9.17) is 19.2 Å². The average Bonchev–Trinajstić information content (AvgIpc) is 3.10. The second kappa shape index (κ2) is 8.49. The van der Waals surface area contributed by atoms with Crippen molar-refractivity contribution in [1.29, 1.82) is 5.26 Å². The van der Waals surface area contributed by atoms with Gasteiger partial charge in [-0.25, -0.2) is 0 Å². The quantitative estimate of drug-likeness (QED) is 0.547. The maximum atomic E-state index is 9.50. The summed E-state index contributed by atoms with van der Waals surface area (Å²) in [4.78, 5) is 0. The van der Waals surface area contributed by atoms with Crippen molar-refractivity contribution in [3.8, 4) is 6.07 Å². The molecule has 0 unspecified atom stereocenters. The fourth-order valence-electron chi connectivity index (χ4n) is 3.54. The Bertz CT molecular complexity index is 898. The molecular weight excluding hydrogens is 367 g/mol. The van der Waals surface area contributed by atoms with Crippen LogP contribution >= 0.6 is 0 Å². The molecule has 0 amide bonds. The largest absolute Gasteiger partial charge is 0.497 e. The zero-order chi connectivity index (χ0) is 21.2. The second-order valence-electron chi connectivity index (χ2n) is 8.71. The molecule has 29 heavy (non-hydrogen) atoms. The van der Waals surface area contributed by atoms with Gasteiger partial charge < -0.3 is 23.7 Å². The highest BCUT2D eigenvalue weighted by molar-refractivity contribution is 6.65. The van der Waals surface area contributed by atoms with Crippen molar-refractivity contribution in [3.63, 3.8) is 0 Å². The molecule has 1 N–H and O–H groups in total. The number of ether oxygens (including phenoxy) is 1. The normalized spacial score (nSPS) is 17.8. The van der Waals surface area contributed by atoms with E-state index in [-0.39, 0.29) is 6.61 Å². The number of aliphatic hydroxyl groups excluding tert-OH is 1. The predicted octanol–water partition coefficient (Wildman–Crippen LogP) is 2.91. The van der Waals surface area contributed by atoms with Crippen molar-refractivity contribution in [1.82, 2.24) is 4.57 Å². The third-order valence-electron chi connectivity index (χ3n) is 6.02. The number of rotatable bonds is 8. The molecule has 0 spiro atoms. The van der Waals surface area contributed by atoms with Crippen LogP contribution in [0.4, 0.5) is 0 Å². The summed E-state index contributed by atoms with van der Waals surface area (Å²) in [6.07, 6.45) is 3.60. The van der Waals surface area contributed by atoms with E-state index < -0.39 is 18.3 Å². The van der Waals surface area contributed by atoms with Crippen LogP contribution in [0.25, 0.3) is 10.9 Å². The van der Waals surface area contributed by atoms with Crippen LogP contribution in [-0.4, -0.2) is 47.8 Å². The van der Waals surface area contributed by atoms with E-state index in [1.807, 2.05) is 40.7 Å². The Kier molecular flexibility index (Phi) is 6.40. The Hall–Kier alpha value is -1.85. The number of fused-ring (bicyclic) bond motifs is 1. The molecule has 1 aliphatic rings. The highest BCUT2D eigenvalue weighted by Gasteiger charge is 2.52. The Morgan fingerprint density at radius 3 is 2.41 bits per heavy atom. The summed E-state index contributed by atoms with van der Waals surface area (Å²) >= 11 is 0. The Morgan fingerprint density at radius 2 is 1.79 bits per heavy atom. The third kappa shape index (κ3) is 4.36. The second-order valence-corrected chi connectivity index (χ2v) is 8.71. The monoisotopic (exact) mass is 398 g/mol. The maximum Gasteiger partial charge on any atom is 0.497 e. The Labute approximate surface area is 173 Å². The minimum absolute atomic E-state index is 0.153. The van der Waals surface area contributed by atoms with Crippen LogP contribution in [0.1, 0.15) is 51.7 Å². The molecule has 0 radical (unpaired) electrons. The number of nitriles is 1. The van der Waals surface area contributed by atoms with Crippen molar-refractivity contribution < 1.29 is 19.2 Å². The molecular formula is C22H31BN2O4. The van der Waals surface area contributed by atoms with Crippen molar-refractivity contribution >= 4 is 23.5 Å². The summed E-state index contributed by atoms with van der Waals surface area (Å²) < 4.78 is 20.3. The van der Waals surface area contributed by atoms with Gasteiger partial charge in [0.25, 0.3) is 0 Å². The highest BCUT2D eigenvalue weighted by atomic mass is 16.7. The molecule has 3 rings (SSSR count). The standard InChI is InChI=1S/C22H31BN2O4/c1-16-12-20-18(13-17(16)14-24)19(23-28-21(2,3)22(4,5)29-23)15-25(20)8-6-10-27-11-7-9-26/h12-13,15,26H,6-11H2,1-5H3. The Balaban J connectivity index is 1.90. The van der Waals surface area contributed by atoms with Gasteiger partial charge in [-0.1, -0.05) is 0 Å². The molecule has 1 aromatic heterocycles. The van der Waals surface area contributed by atoms with Crippen molar-refractivity contribution in [2.24, 2.45) is 0 Å². The van der Waals surface area contributed by atoms with Gasteiger partial charge in [-0.3, -0.25) is 0 Å². The number of benzene rings is 1. The number of aliphatic hydroxyl groups is 1. The molecule has 6 nitrogen and oxygen atoms in total. The number of aromatic nitrogens is 1. The summed E-state index contributed by atoms with van der Waals surface area (Å²) in [5.41, 5.74) is 2.81. The highest BCUT2D eigenvalue weighted by Crippen LogP contribution is 2.37. The van der Waals surface area contributed by atoms with Crippen LogP contribution in [0.5, 0.6) is 0 Å². The molecule has 1 fully saturated rings. The molecule has 1 aliphatic heterocycles. The van der Waals surface area contributed by atoms with E-state index in [0.29, 0.717) is 25.2 Å². The third-order valence-corrected chi connectivity index (χ3v) is 6.02. The summed E-state index contributed by atoms with van der Waals surface area (Å²) in [6, 6.07) is 6.30. The fraction of sp³-hybridized carbons (Fsp3) is 0.591. The smallest absolute Gasteiger partial charge is 0.399 e. The van der Waals surface area contributed by atoms with Gasteiger partial charge >= 0.3 is 7.12 Å². The van der Waals surface area contributed by atoms with Gasteiger partial charge in [0.1, 0.15) is 0 Å². The zero-order valence-electron chi connectivity index (χ0n) is 18.1. The topological polar surface area (TPSA) is 76.6 Å². The lowest BCUT2D eigenvalue weighted by molar-refractivity contribution is 0.00578. The lowest BCUT2D eigenvalue weighted by Crippen LogP contribution is -2.41. The molecule has 0 bridgehead atoms. The van der Waals surface area contributed by atoms with E-state index in [9.17, 15) is 5.26 Å². The van der Waals surface area contributed by atoms with E-state index in [1.54, 1.807) is 0 Å². The lowest BCUT2D eigenvalue weighted by Gasteiger charge is -2.32. The minimum atomic E-state index is -0.473. The molecule has 7 heteroatoms. The summed E-state index contributed by atoms with van der Waals surface area (Å²) in [7, 11) is -0.473. The molecule has 2 heterocycles.